The molecule has 1 heterocycles. The van der Waals surface area contributed by atoms with Crippen LogP contribution in [0.15, 0.2) is 91.1 Å². The van der Waals surface area contributed by atoms with Gasteiger partial charge in [-0.2, -0.15) is 0 Å². The molecule has 1 aromatic heterocycles. The summed E-state index contributed by atoms with van der Waals surface area (Å²) in [6.07, 6.45) is 2.48. The topological polar surface area (TPSA) is 45.2 Å². The molecule has 0 aliphatic heterocycles. The van der Waals surface area contributed by atoms with Crippen LogP contribution in [0.2, 0.25) is 5.02 Å². The van der Waals surface area contributed by atoms with Gasteiger partial charge in [-0.1, -0.05) is 90.5 Å². The van der Waals surface area contributed by atoms with Crippen molar-refractivity contribution in [2.45, 2.75) is 19.0 Å². The molecule has 1 unspecified atom stereocenters. The van der Waals surface area contributed by atoms with Crippen LogP contribution in [0, 0.1) is 0 Å². The minimum atomic E-state index is -0.438. The van der Waals surface area contributed by atoms with Gasteiger partial charge in [0.25, 0.3) is 0 Å². The van der Waals surface area contributed by atoms with Crippen molar-refractivity contribution in [1.29, 1.82) is 0 Å². The maximum absolute atomic E-state index is 13.4. The predicted octanol–water partition coefficient (Wildman–Crippen LogP) is 6.20. The van der Waals surface area contributed by atoms with Crippen LogP contribution in [0.3, 0.4) is 0 Å². The predicted molar refractivity (Wildman–Crippen MR) is 132 cm³/mol. The standard InChI is InChI=1S/C26H24ClN3OS/c1-30(18-19-10-4-2-5-11-19)24(20-12-6-3-7-13-20)25(31)29-26-28-17-22(32-26)16-21-14-8-9-15-23(21)27/h2-15,17,24H,16,18H2,1H3,(H,28,29,31). The van der Waals surface area contributed by atoms with Crippen molar-refractivity contribution < 1.29 is 4.79 Å². The molecule has 3 aromatic carbocycles. The average Bonchev–Trinajstić information content (AvgIpc) is 3.23. The number of carbonyl (C=O) groups excluding carboxylic acids is 1. The molecule has 1 N–H and O–H groups in total. The van der Waals surface area contributed by atoms with E-state index >= 15 is 0 Å². The molecule has 0 bridgehead atoms. The van der Waals surface area contributed by atoms with E-state index in [2.05, 4.69) is 27.3 Å². The zero-order valence-electron chi connectivity index (χ0n) is 17.7. The number of nitrogens with one attached hydrogen (secondary N) is 1. The molecule has 0 fully saturated rings. The highest BCUT2D eigenvalue weighted by molar-refractivity contribution is 7.15. The molecule has 0 aliphatic rings. The van der Waals surface area contributed by atoms with Gasteiger partial charge in [0.15, 0.2) is 5.13 Å². The fourth-order valence-corrected chi connectivity index (χ4v) is 4.70. The molecule has 1 amide bonds. The third-order valence-corrected chi connectivity index (χ3v) is 6.47. The lowest BCUT2D eigenvalue weighted by Crippen LogP contribution is -2.34. The van der Waals surface area contributed by atoms with Crippen LogP contribution in [0.4, 0.5) is 5.13 Å². The van der Waals surface area contributed by atoms with E-state index in [1.165, 1.54) is 11.3 Å². The Morgan fingerprint density at radius 3 is 2.38 bits per heavy atom. The smallest absolute Gasteiger partial charge is 0.248 e. The normalized spacial score (nSPS) is 12.0. The summed E-state index contributed by atoms with van der Waals surface area (Å²) in [6.45, 7) is 0.656. The van der Waals surface area contributed by atoms with Gasteiger partial charge in [0.2, 0.25) is 5.91 Å². The van der Waals surface area contributed by atoms with Crippen LogP contribution >= 0.6 is 22.9 Å². The molecule has 0 aliphatic carbocycles. The molecule has 0 radical (unpaired) electrons. The van der Waals surface area contributed by atoms with E-state index in [-0.39, 0.29) is 5.91 Å². The van der Waals surface area contributed by atoms with Gasteiger partial charge < -0.3 is 5.32 Å². The lowest BCUT2D eigenvalue weighted by atomic mass is 10.0. The molecular formula is C26H24ClN3OS. The highest BCUT2D eigenvalue weighted by atomic mass is 35.5. The molecule has 162 valence electrons. The molecule has 32 heavy (non-hydrogen) atoms. The molecule has 1 atom stereocenters. The van der Waals surface area contributed by atoms with Crippen LogP contribution in [-0.2, 0) is 17.8 Å². The first-order valence-electron chi connectivity index (χ1n) is 10.4. The van der Waals surface area contributed by atoms with E-state index in [1.807, 2.05) is 79.8 Å². The molecule has 4 nitrogen and oxygen atoms in total. The van der Waals surface area contributed by atoms with Gasteiger partial charge in [-0.25, -0.2) is 4.98 Å². The lowest BCUT2D eigenvalue weighted by Gasteiger charge is -2.27. The van der Waals surface area contributed by atoms with Crippen molar-refractivity contribution in [2.75, 3.05) is 12.4 Å². The molecule has 0 saturated heterocycles. The van der Waals surface area contributed by atoms with Crippen LogP contribution in [-0.4, -0.2) is 22.8 Å². The van der Waals surface area contributed by atoms with Gasteiger partial charge in [-0.05, 0) is 29.8 Å². The van der Waals surface area contributed by atoms with E-state index in [1.54, 1.807) is 6.20 Å². The van der Waals surface area contributed by atoms with Gasteiger partial charge in [0.05, 0.1) is 0 Å². The minimum Gasteiger partial charge on any atom is -0.300 e. The number of carbonyl (C=O) groups is 1. The van der Waals surface area contributed by atoms with E-state index in [0.717, 1.165) is 26.6 Å². The Hall–Kier alpha value is -2.99. The largest absolute Gasteiger partial charge is 0.300 e. The van der Waals surface area contributed by atoms with Gasteiger partial charge >= 0.3 is 0 Å². The first-order chi connectivity index (χ1) is 15.6. The van der Waals surface area contributed by atoms with Crippen LogP contribution in [0.1, 0.15) is 27.6 Å². The number of likely N-dealkylation sites (N-methyl/N-ethyl adjacent to an activating group) is 1. The second kappa shape index (κ2) is 10.6. The SMILES string of the molecule is CN(Cc1ccccc1)C(C(=O)Nc1ncc(Cc2ccccc2Cl)s1)c1ccccc1. The number of anilines is 1. The number of amides is 1. The first-order valence-corrected chi connectivity index (χ1v) is 11.6. The van der Waals surface area contributed by atoms with Gasteiger partial charge in [0, 0.05) is 29.1 Å². The van der Waals surface area contributed by atoms with Crippen molar-refractivity contribution in [3.05, 3.63) is 118 Å². The fraction of sp³-hybridized carbons (Fsp3) is 0.154. The molecule has 0 spiro atoms. The Morgan fingerprint density at radius 1 is 1.00 bits per heavy atom. The summed E-state index contributed by atoms with van der Waals surface area (Å²) in [4.78, 5) is 20.9. The zero-order chi connectivity index (χ0) is 22.3. The summed E-state index contributed by atoms with van der Waals surface area (Å²) < 4.78 is 0. The Balaban J connectivity index is 1.50. The number of nitrogens with zero attached hydrogens (tertiary/aromatic N) is 2. The molecule has 6 heteroatoms. The summed E-state index contributed by atoms with van der Waals surface area (Å²) in [6, 6.07) is 27.3. The molecule has 4 aromatic rings. The summed E-state index contributed by atoms with van der Waals surface area (Å²) >= 11 is 7.76. The summed E-state index contributed by atoms with van der Waals surface area (Å²) in [5, 5.41) is 4.35. The second-order valence-electron chi connectivity index (χ2n) is 7.60. The van der Waals surface area contributed by atoms with Crippen LogP contribution in [0.5, 0.6) is 0 Å². The van der Waals surface area contributed by atoms with Crippen molar-refractivity contribution in [3.63, 3.8) is 0 Å². The third kappa shape index (κ3) is 5.62. The first kappa shape index (κ1) is 22.2. The number of thiazole rings is 1. The van der Waals surface area contributed by atoms with E-state index in [0.29, 0.717) is 18.1 Å². The summed E-state index contributed by atoms with van der Waals surface area (Å²) in [5.41, 5.74) is 3.14. The highest BCUT2D eigenvalue weighted by Gasteiger charge is 2.26. The third-order valence-electron chi connectivity index (χ3n) is 5.19. The van der Waals surface area contributed by atoms with Gasteiger partial charge in [-0.15, -0.1) is 11.3 Å². The summed E-state index contributed by atoms with van der Waals surface area (Å²) in [7, 11) is 1.97. The fourth-order valence-electron chi connectivity index (χ4n) is 3.65. The van der Waals surface area contributed by atoms with Crippen molar-refractivity contribution in [3.8, 4) is 0 Å². The second-order valence-corrected chi connectivity index (χ2v) is 9.13. The number of rotatable bonds is 8. The maximum Gasteiger partial charge on any atom is 0.248 e. The number of aromatic nitrogens is 1. The monoisotopic (exact) mass is 461 g/mol. The average molecular weight is 462 g/mol. The van der Waals surface area contributed by atoms with E-state index in [4.69, 9.17) is 11.6 Å². The molecular weight excluding hydrogens is 438 g/mol. The molecule has 0 saturated carbocycles. The Kier molecular flexibility index (Phi) is 7.32. The lowest BCUT2D eigenvalue weighted by molar-refractivity contribution is -0.121. The maximum atomic E-state index is 13.4. The number of halogens is 1. The number of hydrogen-bond acceptors (Lipinski definition) is 4. The van der Waals surface area contributed by atoms with Crippen molar-refractivity contribution >= 4 is 34.0 Å². The quantitative estimate of drug-likeness (QED) is 0.340. The van der Waals surface area contributed by atoms with Gasteiger partial charge in [-0.3, -0.25) is 9.69 Å². The van der Waals surface area contributed by atoms with Crippen molar-refractivity contribution in [2.24, 2.45) is 0 Å². The van der Waals surface area contributed by atoms with Crippen LogP contribution < -0.4 is 5.32 Å². The van der Waals surface area contributed by atoms with E-state index < -0.39 is 6.04 Å². The zero-order valence-corrected chi connectivity index (χ0v) is 19.3. The Bertz CT molecular complexity index is 1160. The van der Waals surface area contributed by atoms with Gasteiger partial charge in [0.1, 0.15) is 6.04 Å². The number of hydrogen-bond donors (Lipinski definition) is 1. The number of benzene rings is 3. The summed E-state index contributed by atoms with van der Waals surface area (Å²) in [5.74, 6) is -0.103. The molecule has 4 rings (SSSR count). The minimum absolute atomic E-state index is 0.103. The van der Waals surface area contributed by atoms with E-state index in [9.17, 15) is 4.79 Å². The Labute approximate surface area is 197 Å². The van der Waals surface area contributed by atoms with Crippen LogP contribution in [0.25, 0.3) is 0 Å². The Morgan fingerprint density at radius 2 is 1.66 bits per heavy atom. The highest BCUT2D eigenvalue weighted by Crippen LogP contribution is 2.27. The van der Waals surface area contributed by atoms with Crippen molar-refractivity contribution in [1.82, 2.24) is 9.88 Å².